The molecule has 0 atom stereocenters. The minimum atomic E-state index is -3.27. The highest BCUT2D eigenvalue weighted by Gasteiger charge is 2.25. The fourth-order valence-electron chi connectivity index (χ4n) is 4.47. The van der Waals surface area contributed by atoms with Crippen LogP contribution in [0.1, 0.15) is 11.4 Å². The Kier molecular flexibility index (Phi) is 4.85. The summed E-state index contributed by atoms with van der Waals surface area (Å²) >= 11 is 0. The summed E-state index contributed by atoms with van der Waals surface area (Å²) < 4.78 is 26.4. The molecule has 1 fully saturated rings. The zero-order valence-corrected chi connectivity index (χ0v) is 18.6. The fourth-order valence-corrected chi connectivity index (χ4v) is 5.12. The SMILES string of the molecule is Cc1cc2n(n1)CC(N1CCN(c3ccc(S(C)(=O)=O)cc3-c3ccccc3)CC1)=C2. The summed E-state index contributed by atoms with van der Waals surface area (Å²) in [6.45, 7) is 6.49. The second kappa shape index (κ2) is 7.57. The minimum Gasteiger partial charge on any atom is -0.370 e. The number of nitrogens with zero attached hydrogens (tertiary/aromatic N) is 4. The largest absolute Gasteiger partial charge is 0.370 e. The summed E-state index contributed by atoms with van der Waals surface area (Å²) in [7, 11) is -3.27. The van der Waals surface area contributed by atoms with Crippen molar-refractivity contribution in [3.8, 4) is 11.1 Å². The molecule has 5 rings (SSSR count). The van der Waals surface area contributed by atoms with Crippen molar-refractivity contribution in [2.75, 3.05) is 37.3 Å². The van der Waals surface area contributed by atoms with E-state index in [1.165, 1.54) is 17.6 Å². The van der Waals surface area contributed by atoms with Crippen molar-refractivity contribution in [2.45, 2.75) is 18.4 Å². The van der Waals surface area contributed by atoms with E-state index in [2.05, 4.69) is 31.7 Å². The van der Waals surface area contributed by atoms with Gasteiger partial charge in [0.05, 0.1) is 22.8 Å². The fraction of sp³-hybridized carbons (Fsp3) is 0.292. The maximum atomic E-state index is 12.2. The molecule has 31 heavy (non-hydrogen) atoms. The summed E-state index contributed by atoms with van der Waals surface area (Å²) in [6.07, 6.45) is 3.50. The smallest absolute Gasteiger partial charge is 0.175 e. The molecule has 3 aromatic rings. The van der Waals surface area contributed by atoms with Crippen LogP contribution < -0.4 is 4.90 Å². The van der Waals surface area contributed by atoms with Crippen molar-refractivity contribution < 1.29 is 8.42 Å². The first kappa shape index (κ1) is 19.9. The Bertz CT molecular complexity index is 1250. The number of rotatable bonds is 4. The maximum absolute atomic E-state index is 12.2. The number of aryl methyl sites for hydroxylation is 1. The third kappa shape index (κ3) is 3.85. The van der Waals surface area contributed by atoms with E-state index in [1.807, 2.05) is 49.4 Å². The Balaban J connectivity index is 1.39. The molecule has 0 saturated carbocycles. The molecule has 3 heterocycles. The Labute approximate surface area is 183 Å². The second-order valence-electron chi connectivity index (χ2n) is 8.30. The molecular formula is C24H26N4O2S. The van der Waals surface area contributed by atoms with Crippen LogP contribution in [0.25, 0.3) is 17.2 Å². The number of fused-ring (bicyclic) bond motifs is 1. The Hall–Kier alpha value is -3.06. The number of hydrogen-bond acceptors (Lipinski definition) is 5. The number of aromatic nitrogens is 2. The van der Waals surface area contributed by atoms with Gasteiger partial charge in [0.2, 0.25) is 0 Å². The third-order valence-corrected chi connectivity index (χ3v) is 7.18. The van der Waals surface area contributed by atoms with Crippen LogP contribution in [0.5, 0.6) is 0 Å². The molecule has 0 unspecified atom stereocenters. The lowest BCUT2D eigenvalue weighted by Crippen LogP contribution is -2.46. The Morgan fingerprint density at radius 1 is 0.903 bits per heavy atom. The van der Waals surface area contributed by atoms with Gasteiger partial charge in [-0.2, -0.15) is 5.10 Å². The van der Waals surface area contributed by atoms with Gasteiger partial charge >= 0.3 is 0 Å². The van der Waals surface area contributed by atoms with Crippen molar-refractivity contribution in [3.63, 3.8) is 0 Å². The summed E-state index contributed by atoms with van der Waals surface area (Å²) in [4.78, 5) is 5.16. The van der Waals surface area contributed by atoms with E-state index in [4.69, 9.17) is 0 Å². The molecular weight excluding hydrogens is 408 g/mol. The lowest BCUT2D eigenvalue weighted by molar-refractivity contribution is 0.309. The molecule has 160 valence electrons. The van der Waals surface area contributed by atoms with Gasteiger partial charge in [-0.15, -0.1) is 0 Å². The van der Waals surface area contributed by atoms with Crippen LogP contribution in [-0.2, 0) is 16.4 Å². The average Bonchev–Trinajstić information content (AvgIpc) is 3.31. The van der Waals surface area contributed by atoms with Gasteiger partial charge in [-0.1, -0.05) is 30.3 Å². The molecule has 0 amide bonds. The standard InChI is InChI=1S/C24H26N4O2S/c1-18-14-20-15-21(17-28(20)25-18)26-10-12-27(13-11-26)24-9-8-22(31(2,29)30)16-23(24)19-6-4-3-5-7-19/h3-9,14-16H,10-13,17H2,1-2H3. The van der Waals surface area contributed by atoms with Crippen molar-refractivity contribution >= 4 is 21.6 Å². The van der Waals surface area contributed by atoms with Crippen LogP contribution in [0, 0.1) is 6.92 Å². The zero-order valence-electron chi connectivity index (χ0n) is 17.8. The number of hydrogen-bond donors (Lipinski definition) is 0. The molecule has 6 nitrogen and oxygen atoms in total. The summed E-state index contributed by atoms with van der Waals surface area (Å²) in [5.41, 5.74) is 6.64. The molecule has 0 bridgehead atoms. The van der Waals surface area contributed by atoms with E-state index in [1.54, 1.807) is 6.07 Å². The van der Waals surface area contributed by atoms with Gasteiger partial charge in [0.1, 0.15) is 0 Å². The molecule has 0 radical (unpaired) electrons. The predicted molar refractivity (Wildman–Crippen MR) is 124 cm³/mol. The zero-order chi connectivity index (χ0) is 21.6. The van der Waals surface area contributed by atoms with Gasteiger partial charge < -0.3 is 9.80 Å². The monoisotopic (exact) mass is 434 g/mol. The van der Waals surface area contributed by atoms with Gasteiger partial charge in [-0.25, -0.2) is 8.42 Å². The highest BCUT2D eigenvalue weighted by molar-refractivity contribution is 7.90. The van der Waals surface area contributed by atoms with Crippen LogP contribution in [0.4, 0.5) is 5.69 Å². The molecule has 1 aromatic heterocycles. The predicted octanol–water partition coefficient (Wildman–Crippen LogP) is 3.44. The Morgan fingerprint density at radius 3 is 2.29 bits per heavy atom. The normalized spacial score (nSPS) is 16.4. The van der Waals surface area contributed by atoms with Crippen LogP contribution >= 0.6 is 0 Å². The molecule has 1 saturated heterocycles. The van der Waals surface area contributed by atoms with Crippen molar-refractivity contribution in [1.82, 2.24) is 14.7 Å². The van der Waals surface area contributed by atoms with Crippen LogP contribution in [0.15, 0.2) is 65.2 Å². The number of benzene rings is 2. The quantitative estimate of drug-likeness (QED) is 0.630. The first-order valence-corrected chi connectivity index (χ1v) is 12.4. The Morgan fingerprint density at radius 2 is 1.61 bits per heavy atom. The summed E-state index contributed by atoms with van der Waals surface area (Å²) in [6, 6.07) is 17.6. The average molecular weight is 435 g/mol. The van der Waals surface area contributed by atoms with Crippen molar-refractivity contribution in [1.29, 1.82) is 0 Å². The molecule has 2 aromatic carbocycles. The number of piperazine rings is 1. The van der Waals surface area contributed by atoms with Crippen LogP contribution in [0.2, 0.25) is 0 Å². The van der Waals surface area contributed by atoms with Gasteiger partial charge in [-0.05, 0) is 42.8 Å². The van der Waals surface area contributed by atoms with Crippen molar-refractivity contribution in [2.24, 2.45) is 0 Å². The van der Waals surface area contributed by atoms with Gasteiger partial charge in [0, 0.05) is 49.4 Å². The molecule has 2 aliphatic rings. The lowest BCUT2D eigenvalue weighted by Gasteiger charge is -2.38. The first-order chi connectivity index (χ1) is 14.9. The van der Waals surface area contributed by atoms with E-state index in [0.29, 0.717) is 4.90 Å². The topological polar surface area (TPSA) is 58.4 Å². The van der Waals surface area contributed by atoms with Crippen LogP contribution in [-0.4, -0.2) is 55.5 Å². The summed E-state index contributed by atoms with van der Waals surface area (Å²) in [5.74, 6) is 0. The number of anilines is 1. The maximum Gasteiger partial charge on any atom is 0.175 e. The van der Waals surface area contributed by atoms with E-state index in [-0.39, 0.29) is 0 Å². The van der Waals surface area contributed by atoms with Gasteiger partial charge in [0.25, 0.3) is 0 Å². The first-order valence-electron chi connectivity index (χ1n) is 10.5. The van der Waals surface area contributed by atoms with Crippen molar-refractivity contribution in [3.05, 3.63) is 71.7 Å². The van der Waals surface area contributed by atoms with E-state index in [9.17, 15) is 8.42 Å². The third-order valence-electron chi connectivity index (χ3n) is 6.07. The number of allylic oxidation sites excluding steroid dienone is 1. The molecule has 7 heteroatoms. The van der Waals surface area contributed by atoms with Gasteiger partial charge in [-0.3, -0.25) is 4.68 Å². The van der Waals surface area contributed by atoms with Gasteiger partial charge in [0.15, 0.2) is 9.84 Å². The highest BCUT2D eigenvalue weighted by atomic mass is 32.2. The molecule has 0 aliphatic carbocycles. The minimum absolute atomic E-state index is 0.356. The highest BCUT2D eigenvalue weighted by Crippen LogP contribution is 2.34. The van der Waals surface area contributed by atoms with E-state index < -0.39 is 9.84 Å². The second-order valence-corrected chi connectivity index (χ2v) is 10.3. The molecule has 0 N–H and O–H groups in total. The molecule has 2 aliphatic heterocycles. The summed E-state index contributed by atoms with van der Waals surface area (Å²) in [5, 5.41) is 4.55. The lowest BCUT2D eigenvalue weighted by atomic mass is 10.0. The molecule has 0 spiro atoms. The number of sulfone groups is 1. The van der Waals surface area contributed by atoms with E-state index >= 15 is 0 Å². The van der Waals surface area contributed by atoms with E-state index in [0.717, 1.165) is 55.2 Å². The van der Waals surface area contributed by atoms with Crippen LogP contribution in [0.3, 0.4) is 0 Å².